The summed E-state index contributed by atoms with van der Waals surface area (Å²) < 4.78 is 6.44. The number of hydrogen-bond donors (Lipinski definition) is 1. The molecule has 114 valence electrons. The Balaban J connectivity index is 1.93. The largest absolute Gasteiger partial charge is 0.449 e. The number of hydrogen-bond acceptors (Lipinski definition) is 5. The fraction of sp³-hybridized carbons (Fsp3) is 0.200. The van der Waals surface area contributed by atoms with Crippen LogP contribution < -0.4 is 5.73 Å². The number of esters is 1. The quantitative estimate of drug-likeness (QED) is 0.627. The number of primary amides is 1. The summed E-state index contributed by atoms with van der Waals surface area (Å²) in [4.78, 5) is 22.2. The van der Waals surface area contributed by atoms with Crippen molar-refractivity contribution in [2.45, 2.75) is 19.6 Å². The van der Waals surface area contributed by atoms with Crippen LogP contribution in [0.1, 0.15) is 18.2 Å². The molecule has 0 saturated heterocycles. The lowest BCUT2D eigenvalue weighted by atomic mass is 10.2. The van der Waals surface area contributed by atoms with Gasteiger partial charge in [-0.1, -0.05) is 35.5 Å². The van der Waals surface area contributed by atoms with Crippen LogP contribution in [0.2, 0.25) is 0 Å². The Kier molecular flexibility index (Phi) is 5.02. The van der Waals surface area contributed by atoms with Gasteiger partial charge in [-0.2, -0.15) is 0 Å². The molecule has 2 N–H and O–H groups in total. The van der Waals surface area contributed by atoms with E-state index in [9.17, 15) is 9.59 Å². The molecule has 1 aromatic carbocycles. The standard InChI is InChI=1S/C15H16N4O3/c1-11(15(16)21)22-14(20)8-7-13-10-19(18-17-13)9-12-5-3-2-4-6-12/h2-8,10-11H,9H2,1H3,(H2,16,21)/b8-7+/t11-/m0/s1. The van der Waals surface area contributed by atoms with E-state index in [1.54, 1.807) is 10.9 Å². The minimum absolute atomic E-state index is 0.514. The summed E-state index contributed by atoms with van der Waals surface area (Å²) in [5.74, 6) is -1.36. The monoisotopic (exact) mass is 300 g/mol. The Morgan fingerprint density at radius 1 is 1.36 bits per heavy atom. The highest BCUT2D eigenvalue weighted by molar-refractivity contribution is 5.89. The molecule has 0 spiro atoms. The Morgan fingerprint density at radius 2 is 2.09 bits per heavy atom. The van der Waals surface area contributed by atoms with Gasteiger partial charge < -0.3 is 10.5 Å². The summed E-state index contributed by atoms with van der Waals surface area (Å²) in [7, 11) is 0. The molecule has 1 aromatic heterocycles. The van der Waals surface area contributed by atoms with Crippen molar-refractivity contribution in [3.05, 3.63) is 53.9 Å². The number of carbonyl (C=O) groups excluding carboxylic acids is 2. The highest BCUT2D eigenvalue weighted by atomic mass is 16.5. The first-order chi connectivity index (χ1) is 10.5. The smallest absolute Gasteiger partial charge is 0.331 e. The number of nitrogens with zero attached hydrogens (tertiary/aromatic N) is 3. The van der Waals surface area contributed by atoms with Gasteiger partial charge in [-0.05, 0) is 18.6 Å². The van der Waals surface area contributed by atoms with E-state index >= 15 is 0 Å². The van der Waals surface area contributed by atoms with Gasteiger partial charge in [0.15, 0.2) is 6.10 Å². The van der Waals surface area contributed by atoms with E-state index in [2.05, 4.69) is 10.3 Å². The van der Waals surface area contributed by atoms with E-state index in [1.165, 1.54) is 19.1 Å². The molecule has 1 atom stereocenters. The van der Waals surface area contributed by atoms with E-state index in [4.69, 9.17) is 10.5 Å². The molecule has 7 heteroatoms. The molecule has 0 fully saturated rings. The fourth-order valence-corrected chi connectivity index (χ4v) is 1.66. The van der Waals surface area contributed by atoms with Crippen molar-refractivity contribution in [2.24, 2.45) is 5.73 Å². The van der Waals surface area contributed by atoms with Crippen molar-refractivity contribution in [3.8, 4) is 0 Å². The lowest BCUT2D eigenvalue weighted by Gasteiger charge is -2.06. The van der Waals surface area contributed by atoms with Crippen molar-refractivity contribution < 1.29 is 14.3 Å². The maximum absolute atomic E-state index is 11.5. The van der Waals surface area contributed by atoms with Gasteiger partial charge >= 0.3 is 5.97 Å². The van der Waals surface area contributed by atoms with Crippen molar-refractivity contribution in [3.63, 3.8) is 0 Å². The average molecular weight is 300 g/mol. The molecule has 0 saturated carbocycles. The first-order valence-electron chi connectivity index (χ1n) is 6.66. The number of aromatic nitrogens is 3. The predicted molar refractivity (Wildman–Crippen MR) is 79.3 cm³/mol. The molecule has 0 aliphatic rings. The second kappa shape index (κ2) is 7.16. The molecular formula is C15H16N4O3. The molecule has 22 heavy (non-hydrogen) atoms. The third kappa shape index (κ3) is 4.55. The zero-order chi connectivity index (χ0) is 15.9. The second-order valence-corrected chi connectivity index (χ2v) is 4.64. The lowest BCUT2D eigenvalue weighted by molar-refractivity contribution is -0.148. The highest BCUT2D eigenvalue weighted by Crippen LogP contribution is 2.03. The molecule has 0 bridgehead atoms. The Hall–Kier alpha value is -2.96. The van der Waals surface area contributed by atoms with E-state index in [0.29, 0.717) is 12.2 Å². The summed E-state index contributed by atoms with van der Waals surface area (Å²) in [6.07, 6.45) is 3.38. The maximum atomic E-state index is 11.5. The number of amides is 1. The van der Waals surface area contributed by atoms with Crippen LogP contribution in [-0.2, 0) is 20.9 Å². The van der Waals surface area contributed by atoms with Crippen LogP contribution in [-0.4, -0.2) is 33.0 Å². The fourth-order valence-electron chi connectivity index (χ4n) is 1.66. The first-order valence-corrected chi connectivity index (χ1v) is 6.66. The molecular weight excluding hydrogens is 284 g/mol. The maximum Gasteiger partial charge on any atom is 0.331 e. The molecule has 2 aromatic rings. The van der Waals surface area contributed by atoms with Gasteiger partial charge in [0.2, 0.25) is 0 Å². The molecule has 0 unspecified atom stereocenters. The molecule has 1 amide bonds. The van der Waals surface area contributed by atoms with Gasteiger partial charge in [-0.3, -0.25) is 4.79 Å². The summed E-state index contributed by atoms with van der Waals surface area (Å²) in [6, 6.07) is 9.81. The normalized spacial score (nSPS) is 12.2. The van der Waals surface area contributed by atoms with Gasteiger partial charge in [0, 0.05) is 6.08 Å². The Morgan fingerprint density at radius 3 is 2.77 bits per heavy atom. The second-order valence-electron chi connectivity index (χ2n) is 4.64. The number of rotatable bonds is 6. The predicted octanol–water partition coefficient (Wildman–Crippen LogP) is 0.757. The van der Waals surface area contributed by atoms with Crippen LogP contribution in [0.4, 0.5) is 0 Å². The molecule has 1 heterocycles. The van der Waals surface area contributed by atoms with Gasteiger partial charge in [-0.25, -0.2) is 9.48 Å². The Labute approximate surface area is 127 Å². The summed E-state index contributed by atoms with van der Waals surface area (Å²) in [5.41, 5.74) is 6.61. The van der Waals surface area contributed by atoms with Crippen LogP contribution in [0.3, 0.4) is 0 Å². The first kappa shape index (κ1) is 15.4. The SMILES string of the molecule is C[C@H](OC(=O)/C=C/c1cn(Cc2ccccc2)nn1)C(N)=O. The third-order valence-corrected chi connectivity index (χ3v) is 2.83. The van der Waals surface area contributed by atoms with E-state index in [1.807, 2.05) is 30.3 Å². The molecule has 0 aliphatic carbocycles. The highest BCUT2D eigenvalue weighted by Gasteiger charge is 2.12. The van der Waals surface area contributed by atoms with Crippen molar-refractivity contribution >= 4 is 18.0 Å². The van der Waals surface area contributed by atoms with Crippen molar-refractivity contribution in [1.29, 1.82) is 0 Å². The number of ether oxygens (including phenoxy) is 1. The van der Waals surface area contributed by atoms with Gasteiger partial charge in [0.25, 0.3) is 5.91 Å². The molecule has 0 radical (unpaired) electrons. The summed E-state index contributed by atoms with van der Waals surface area (Å²) in [5, 5.41) is 7.89. The van der Waals surface area contributed by atoms with E-state index in [0.717, 1.165) is 5.56 Å². The molecule has 2 rings (SSSR count). The zero-order valence-electron chi connectivity index (χ0n) is 12.0. The van der Waals surface area contributed by atoms with Crippen LogP contribution in [0.5, 0.6) is 0 Å². The van der Waals surface area contributed by atoms with Crippen molar-refractivity contribution in [1.82, 2.24) is 15.0 Å². The van der Waals surface area contributed by atoms with Crippen LogP contribution >= 0.6 is 0 Å². The average Bonchev–Trinajstić information content (AvgIpc) is 2.93. The van der Waals surface area contributed by atoms with Gasteiger partial charge in [-0.15, -0.1) is 5.10 Å². The van der Waals surface area contributed by atoms with Crippen LogP contribution in [0.15, 0.2) is 42.6 Å². The minimum atomic E-state index is -0.967. The minimum Gasteiger partial charge on any atom is -0.449 e. The van der Waals surface area contributed by atoms with E-state index < -0.39 is 18.0 Å². The van der Waals surface area contributed by atoms with E-state index in [-0.39, 0.29) is 0 Å². The molecule has 0 aliphatic heterocycles. The topological polar surface area (TPSA) is 100 Å². The molecule has 7 nitrogen and oxygen atoms in total. The zero-order valence-corrected chi connectivity index (χ0v) is 12.0. The summed E-state index contributed by atoms with van der Waals surface area (Å²) in [6.45, 7) is 2.00. The van der Waals surface area contributed by atoms with Crippen molar-refractivity contribution in [2.75, 3.05) is 0 Å². The third-order valence-electron chi connectivity index (χ3n) is 2.83. The van der Waals surface area contributed by atoms with Crippen LogP contribution in [0, 0.1) is 0 Å². The van der Waals surface area contributed by atoms with Crippen LogP contribution in [0.25, 0.3) is 6.08 Å². The number of nitrogens with two attached hydrogens (primary N) is 1. The number of benzene rings is 1. The lowest BCUT2D eigenvalue weighted by Crippen LogP contribution is -2.29. The Bertz CT molecular complexity index is 679. The van der Waals surface area contributed by atoms with Gasteiger partial charge in [0.1, 0.15) is 5.69 Å². The van der Waals surface area contributed by atoms with Gasteiger partial charge in [0.05, 0.1) is 12.7 Å². The number of carbonyl (C=O) groups is 2. The summed E-state index contributed by atoms with van der Waals surface area (Å²) >= 11 is 0.